The minimum absolute atomic E-state index is 0.232. The first kappa shape index (κ1) is 16.1. The predicted molar refractivity (Wildman–Crippen MR) is 74.3 cm³/mol. The van der Waals surface area contributed by atoms with Crippen LogP contribution in [0.1, 0.15) is 24.4 Å². The highest BCUT2D eigenvalue weighted by Gasteiger charge is 2.20. The van der Waals surface area contributed by atoms with Gasteiger partial charge in [-0.05, 0) is 6.42 Å². The van der Waals surface area contributed by atoms with Crippen LogP contribution < -0.4 is 19.9 Å². The number of methoxy groups -OCH3 is 4. The molecule has 0 aliphatic carbocycles. The summed E-state index contributed by atoms with van der Waals surface area (Å²) in [6.45, 7) is 0. The molecule has 0 bridgehead atoms. The van der Waals surface area contributed by atoms with Gasteiger partial charge in [0.25, 0.3) is 0 Å². The molecule has 20 heavy (non-hydrogen) atoms. The number of rotatable bonds is 7. The monoisotopic (exact) mass is 283 g/mol. The van der Waals surface area contributed by atoms with E-state index >= 15 is 0 Å². The first-order valence-corrected chi connectivity index (χ1v) is 6.19. The molecular weight excluding hydrogens is 262 g/mol. The standard InChI is InChI=1S/C14H21NO5/c1-17-9-7-11(18-2)14(12(8-9)19-3)10(15)5-6-13(16)20-4/h7-8,10H,5-6,15H2,1-4H3. The first-order chi connectivity index (χ1) is 9.57. The molecule has 6 nitrogen and oxygen atoms in total. The fraction of sp³-hybridized carbons (Fsp3) is 0.500. The van der Waals surface area contributed by atoms with Gasteiger partial charge >= 0.3 is 5.97 Å². The Kier molecular flexibility index (Phi) is 6.11. The van der Waals surface area contributed by atoms with Crippen molar-refractivity contribution < 1.29 is 23.7 Å². The highest BCUT2D eigenvalue weighted by Crippen LogP contribution is 2.38. The van der Waals surface area contributed by atoms with E-state index in [1.165, 1.54) is 7.11 Å². The van der Waals surface area contributed by atoms with Crippen LogP contribution in [0, 0.1) is 0 Å². The third kappa shape index (κ3) is 3.77. The van der Waals surface area contributed by atoms with Gasteiger partial charge in [-0.2, -0.15) is 0 Å². The summed E-state index contributed by atoms with van der Waals surface area (Å²) < 4.78 is 20.4. The summed E-state index contributed by atoms with van der Waals surface area (Å²) in [6.07, 6.45) is 0.668. The smallest absolute Gasteiger partial charge is 0.305 e. The van der Waals surface area contributed by atoms with Crippen molar-refractivity contribution in [3.8, 4) is 17.2 Å². The summed E-state index contributed by atoms with van der Waals surface area (Å²) in [4.78, 5) is 11.2. The molecule has 112 valence electrons. The average molecular weight is 283 g/mol. The van der Waals surface area contributed by atoms with E-state index < -0.39 is 6.04 Å². The second kappa shape index (κ2) is 7.59. The first-order valence-electron chi connectivity index (χ1n) is 6.19. The van der Waals surface area contributed by atoms with Gasteiger partial charge in [0, 0.05) is 24.6 Å². The van der Waals surface area contributed by atoms with E-state index in [9.17, 15) is 4.79 Å². The van der Waals surface area contributed by atoms with E-state index in [1.54, 1.807) is 33.5 Å². The van der Waals surface area contributed by atoms with Gasteiger partial charge < -0.3 is 24.7 Å². The SMILES string of the molecule is COC(=O)CCC(N)c1c(OC)cc(OC)cc1OC. The summed E-state index contributed by atoms with van der Waals surface area (Å²) >= 11 is 0. The maximum atomic E-state index is 11.2. The molecule has 6 heteroatoms. The molecular formula is C14H21NO5. The maximum Gasteiger partial charge on any atom is 0.305 e. The van der Waals surface area contributed by atoms with Crippen molar-refractivity contribution in [1.82, 2.24) is 0 Å². The lowest BCUT2D eigenvalue weighted by atomic mass is 10.00. The largest absolute Gasteiger partial charge is 0.496 e. The van der Waals surface area contributed by atoms with E-state index in [2.05, 4.69) is 4.74 Å². The average Bonchev–Trinajstić information content (AvgIpc) is 2.50. The molecule has 0 saturated heterocycles. The minimum Gasteiger partial charge on any atom is -0.496 e. The lowest BCUT2D eigenvalue weighted by Crippen LogP contribution is -2.15. The zero-order valence-corrected chi connectivity index (χ0v) is 12.3. The molecule has 0 aliphatic rings. The number of hydrogen-bond acceptors (Lipinski definition) is 6. The fourth-order valence-electron chi connectivity index (χ4n) is 1.92. The van der Waals surface area contributed by atoms with Crippen LogP contribution in [0.2, 0.25) is 0 Å². The van der Waals surface area contributed by atoms with Crippen LogP contribution in [-0.2, 0) is 9.53 Å². The molecule has 1 aromatic rings. The summed E-state index contributed by atoms with van der Waals surface area (Å²) in [5.74, 6) is 1.45. The Labute approximate surface area is 118 Å². The van der Waals surface area contributed by atoms with Crippen LogP contribution in [0.5, 0.6) is 17.2 Å². The molecule has 1 atom stereocenters. The number of esters is 1. The van der Waals surface area contributed by atoms with Crippen molar-refractivity contribution in [2.45, 2.75) is 18.9 Å². The van der Waals surface area contributed by atoms with Crippen molar-refractivity contribution in [1.29, 1.82) is 0 Å². The van der Waals surface area contributed by atoms with Gasteiger partial charge in [0.05, 0.1) is 34.0 Å². The van der Waals surface area contributed by atoms with Crippen molar-refractivity contribution >= 4 is 5.97 Å². The van der Waals surface area contributed by atoms with Gasteiger partial charge in [0.2, 0.25) is 0 Å². The van der Waals surface area contributed by atoms with Crippen molar-refractivity contribution in [2.75, 3.05) is 28.4 Å². The summed E-state index contributed by atoms with van der Waals surface area (Å²) in [7, 11) is 6.00. The molecule has 1 aromatic carbocycles. The van der Waals surface area contributed by atoms with Crippen LogP contribution in [-0.4, -0.2) is 34.4 Å². The zero-order chi connectivity index (χ0) is 15.1. The Bertz CT molecular complexity index is 436. The number of carbonyl (C=O) groups excluding carboxylic acids is 1. The van der Waals surface area contributed by atoms with E-state index in [-0.39, 0.29) is 12.4 Å². The Balaban J connectivity index is 3.04. The fourth-order valence-corrected chi connectivity index (χ4v) is 1.92. The van der Waals surface area contributed by atoms with Crippen LogP contribution in [0.3, 0.4) is 0 Å². The number of hydrogen-bond donors (Lipinski definition) is 1. The van der Waals surface area contributed by atoms with Gasteiger partial charge in [0.1, 0.15) is 17.2 Å². The molecule has 0 fully saturated rings. The molecule has 1 unspecified atom stereocenters. The Morgan fingerprint density at radius 1 is 1.10 bits per heavy atom. The van der Waals surface area contributed by atoms with Crippen LogP contribution >= 0.6 is 0 Å². The van der Waals surface area contributed by atoms with E-state index in [4.69, 9.17) is 19.9 Å². The number of nitrogens with two attached hydrogens (primary N) is 1. The molecule has 0 saturated carbocycles. The highest BCUT2D eigenvalue weighted by molar-refractivity contribution is 5.69. The second-order valence-electron chi connectivity index (χ2n) is 4.17. The number of ether oxygens (including phenoxy) is 4. The third-order valence-electron chi connectivity index (χ3n) is 3.01. The van der Waals surface area contributed by atoms with Gasteiger partial charge in [0.15, 0.2) is 0 Å². The van der Waals surface area contributed by atoms with Crippen molar-refractivity contribution in [2.24, 2.45) is 5.73 Å². The predicted octanol–water partition coefficient (Wildman–Crippen LogP) is 1.67. The van der Waals surface area contributed by atoms with Gasteiger partial charge in [-0.15, -0.1) is 0 Å². The van der Waals surface area contributed by atoms with E-state index in [0.29, 0.717) is 29.2 Å². The van der Waals surface area contributed by atoms with Gasteiger partial charge in [-0.1, -0.05) is 0 Å². The van der Waals surface area contributed by atoms with Crippen molar-refractivity contribution in [3.63, 3.8) is 0 Å². The molecule has 0 aliphatic heterocycles. The molecule has 0 radical (unpaired) electrons. The molecule has 2 N–H and O–H groups in total. The Hall–Kier alpha value is -1.95. The molecule has 1 rings (SSSR count). The Morgan fingerprint density at radius 3 is 2.05 bits per heavy atom. The van der Waals surface area contributed by atoms with E-state index in [1.807, 2.05) is 0 Å². The van der Waals surface area contributed by atoms with E-state index in [0.717, 1.165) is 0 Å². The Morgan fingerprint density at radius 2 is 1.65 bits per heavy atom. The topological polar surface area (TPSA) is 80.0 Å². The normalized spacial score (nSPS) is 11.7. The maximum absolute atomic E-state index is 11.2. The lowest BCUT2D eigenvalue weighted by Gasteiger charge is -2.19. The van der Waals surface area contributed by atoms with Gasteiger partial charge in [-0.3, -0.25) is 4.79 Å². The zero-order valence-electron chi connectivity index (χ0n) is 12.3. The molecule has 0 amide bonds. The highest BCUT2D eigenvalue weighted by atomic mass is 16.5. The van der Waals surface area contributed by atoms with Crippen molar-refractivity contribution in [3.05, 3.63) is 17.7 Å². The lowest BCUT2D eigenvalue weighted by molar-refractivity contribution is -0.140. The second-order valence-corrected chi connectivity index (χ2v) is 4.17. The number of carbonyl (C=O) groups is 1. The van der Waals surface area contributed by atoms with Crippen LogP contribution in [0.25, 0.3) is 0 Å². The van der Waals surface area contributed by atoms with Gasteiger partial charge in [-0.25, -0.2) is 0 Å². The summed E-state index contributed by atoms with van der Waals surface area (Å²) in [5.41, 5.74) is 6.84. The summed E-state index contributed by atoms with van der Waals surface area (Å²) in [5, 5.41) is 0. The molecule has 0 aromatic heterocycles. The quantitative estimate of drug-likeness (QED) is 0.767. The molecule has 0 spiro atoms. The molecule has 0 heterocycles. The van der Waals surface area contributed by atoms with Crippen LogP contribution in [0.15, 0.2) is 12.1 Å². The summed E-state index contributed by atoms with van der Waals surface area (Å²) in [6, 6.07) is 3.07. The third-order valence-corrected chi connectivity index (χ3v) is 3.01. The van der Waals surface area contributed by atoms with Crippen LogP contribution in [0.4, 0.5) is 0 Å². The minimum atomic E-state index is -0.398. The number of benzene rings is 1.